The highest BCUT2D eigenvalue weighted by atomic mass is 35.5. The molecule has 0 fully saturated rings. The molecule has 0 aliphatic heterocycles. The highest BCUT2D eigenvalue weighted by molar-refractivity contribution is 7.63. The van der Waals surface area contributed by atoms with E-state index in [1.807, 2.05) is 0 Å². The van der Waals surface area contributed by atoms with E-state index in [9.17, 15) is 26.9 Å². The molecule has 9 heteroatoms. The summed E-state index contributed by atoms with van der Waals surface area (Å²) in [6.07, 6.45) is -5.29. The molecular formula is C12H13ClF4NO2P. The topological polar surface area (TPSA) is 46.2 Å². The molecule has 1 aromatic carbocycles. The van der Waals surface area contributed by atoms with Crippen molar-refractivity contribution in [3.63, 3.8) is 0 Å². The molecule has 0 aromatic heterocycles. The highest BCUT2D eigenvalue weighted by Gasteiger charge is 2.47. The van der Waals surface area contributed by atoms with Crippen LogP contribution in [0.3, 0.4) is 0 Å². The third-order valence-electron chi connectivity index (χ3n) is 2.58. The molecule has 0 aliphatic rings. The zero-order chi connectivity index (χ0) is 16.4. The second-order valence-corrected chi connectivity index (χ2v) is 8.66. The van der Waals surface area contributed by atoms with Gasteiger partial charge in [0, 0.05) is 0 Å². The van der Waals surface area contributed by atoms with Gasteiger partial charge in [0.15, 0.2) is 5.78 Å². The van der Waals surface area contributed by atoms with Crippen LogP contribution in [0.25, 0.3) is 0 Å². The minimum absolute atomic E-state index is 0.154. The van der Waals surface area contributed by atoms with E-state index in [-0.39, 0.29) is 10.6 Å². The SMILES string of the molecule is CP(C)(=O)[C@@H](NC(=O)Cc1ccc(Cl)c(F)c1)C(F)(F)F. The van der Waals surface area contributed by atoms with E-state index in [0.29, 0.717) is 0 Å². The quantitative estimate of drug-likeness (QED) is 0.669. The number of carbonyl (C=O) groups is 1. The summed E-state index contributed by atoms with van der Waals surface area (Å²) in [7, 11) is -3.63. The van der Waals surface area contributed by atoms with E-state index in [0.717, 1.165) is 19.4 Å². The van der Waals surface area contributed by atoms with Crippen LogP contribution in [-0.2, 0) is 15.8 Å². The first-order chi connectivity index (χ1) is 9.41. The van der Waals surface area contributed by atoms with Gasteiger partial charge in [0.25, 0.3) is 0 Å². The number of halogens is 5. The van der Waals surface area contributed by atoms with Crippen LogP contribution < -0.4 is 5.32 Å². The second kappa shape index (κ2) is 6.36. The van der Waals surface area contributed by atoms with Crippen molar-refractivity contribution in [3.05, 3.63) is 34.6 Å². The number of nitrogens with one attached hydrogen (secondary N) is 1. The Kier molecular flexibility index (Phi) is 5.45. The maximum atomic E-state index is 13.2. The third kappa shape index (κ3) is 5.32. The van der Waals surface area contributed by atoms with Gasteiger partial charge in [-0.05, 0) is 31.0 Å². The van der Waals surface area contributed by atoms with Gasteiger partial charge in [-0.3, -0.25) is 4.79 Å². The number of benzene rings is 1. The van der Waals surface area contributed by atoms with E-state index >= 15 is 0 Å². The number of alkyl halides is 3. The lowest BCUT2D eigenvalue weighted by atomic mass is 10.1. The van der Waals surface area contributed by atoms with Gasteiger partial charge in [-0.15, -0.1) is 0 Å². The Balaban J connectivity index is 2.84. The summed E-state index contributed by atoms with van der Waals surface area (Å²) in [5.74, 6) is -4.19. The lowest BCUT2D eigenvalue weighted by Gasteiger charge is -2.25. The van der Waals surface area contributed by atoms with Gasteiger partial charge in [0.05, 0.1) is 11.4 Å². The van der Waals surface area contributed by atoms with Gasteiger partial charge in [0.1, 0.15) is 13.0 Å². The standard InChI is InChI=1S/C12H13ClF4NO2P/c1-21(2,20)11(12(15,16)17)18-10(19)6-7-3-4-8(13)9(14)5-7/h3-5,11H,6H2,1-2H3,(H,18,19)/t11-/m1/s1. The first-order valence-electron chi connectivity index (χ1n) is 5.76. The van der Waals surface area contributed by atoms with Crippen LogP contribution in [0.4, 0.5) is 17.6 Å². The van der Waals surface area contributed by atoms with E-state index in [4.69, 9.17) is 11.6 Å². The van der Waals surface area contributed by atoms with Gasteiger partial charge in [-0.1, -0.05) is 17.7 Å². The Morgan fingerprint density at radius 1 is 1.38 bits per heavy atom. The Labute approximate surface area is 124 Å². The zero-order valence-electron chi connectivity index (χ0n) is 11.2. The molecule has 1 rings (SSSR count). The lowest BCUT2D eigenvalue weighted by molar-refractivity contribution is -0.146. The monoisotopic (exact) mass is 345 g/mol. The van der Waals surface area contributed by atoms with Gasteiger partial charge in [0.2, 0.25) is 5.91 Å². The molecule has 3 nitrogen and oxygen atoms in total. The fraction of sp³-hybridized carbons (Fsp3) is 0.417. The molecule has 0 saturated carbocycles. The van der Waals surface area contributed by atoms with Gasteiger partial charge in [-0.2, -0.15) is 13.2 Å². The summed E-state index contributed by atoms with van der Waals surface area (Å²) >= 11 is 5.46. The maximum absolute atomic E-state index is 13.2. The Morgan fingerprint density at radius 2 is 1.95 bits per heavy atom. The average molecular weight is 346 g/mol. The summed E-state index contributed by atoms with van der Waals surface area (Å²) in [6, 6.07) is 3.48. The average Bonchev–Trinajstić information content (AvgIpc) is 2.28. The van der Waals surface area contributed by atoms with E-state index in [1.54, 1.807) is 5.32 Å². The summed E-state index contributed by atoms with van der Waals surface area (Å²) in [5, 5.41) is 1.54. The summed E-state index contributed by atoms with van der Waals surface area (Å²) in [4.78, 5) is 11.6. The normalized spacial score (nSPS) is 13.9. The van der Waals surface area contributed by atoms with Crippen molar-refractivity contribution in [2.75, 3.05) is 13.3 Å². The number of carbonyl (C=O) groups excluding carboxylic acids is 1. The molecule has 0 heterocycles. The van der Waals surface area contributed by atoms with Crippen LogP contribution in [0.1, 0.15) is 5.56 Å². The van der Waals surface area contributed by atoms with Gasteiger partial charge >= 0.3 is 6.18 Å². The lowest BCUT2D eigenvalue weighted by Crippen LogP contribution is -2.45. The van der Waals surface area contributed by atoms with Gasteiger partial charge in [-0.25, -0.2) is 4.39 Å². The molecular weight excluding hydrogens is 333 g/mol. The maximum Gasteiger partial charge on any atom is 0.415 e. The van der Waals surface area contributed by atoms with Crippen molar-refractivity contribution in [1.29, 1.82) is 0 Å². The molecule has 1 atom stereocenters. The van der Waals surface area contributed by atoms with Crippen LogP contribution in [0.2, 0.25) is 5.02 Å². The van der Waals surface area contributed by atoms with Crippen molar-refractivity contribution in [3.8, 4) is 0 Å². The van der Waals surface area contributed by atoms with Crippen LogP contribution in [0.5, 0.6) is 0 Å². The molecule has 118 valence electrons. The Hall–Kier alpha value is -1.07. The number of rotatable bonds is 4. The Morgan fingerprint density at radius 3 is 2.38 bits per heavy atom. The fourth-order valence-electron chi connectivity index (χ4n) is 1.63. The third-order valence-corrected chi connectivity index (χ3v) is 4.55. The van der Waals surface area contributed by atoms with Gasteiger partial charge < -0.3 is 9.88 Å². The van der Waals surface area contributed by atoms with Crippen molar-refractivity contribution in [2.45, 2.75) is 18.4 Å². The molecule has 21 heavy (non-hydrogen) atoms. The first-order valence-corrected chi connectivity index (χ1v) is 8.81. The van der Waals surface area contributed by atoms with Crippen LogP contribution in [0, 0.1) is 5.82 Å². The van der Waals surface area contributed by atoms with E-state index < -0.39 is 37.2 Å². The van der Waals surface area contributed by atoms with Crippen LogP contribution >= 0.6 is 18.7 Å². The minimum Gasteiger partial charge on any atom is -0.338 e. The molecule has 0 aliphatic carbocycles. The zero-order valence-corrected chi connectivity index (χ0v) is 12.8. The van der Waals surface area contributed by atoms with Crippen molar-refractivity contribution >= 4 is 24.7 Å². The summed E-state index contributed by atoms with van der Waals surface area (Å²) in [6.45, 7) is 1.88. The molecule has 0 unspecified atom stereocenters. The number of amides is 1. The van der Waals surface area contributed by atoms with Crippen molar-refractivity contribution < 1.29 is 26.9 Å². The molecule has 1 N–H and O–H groups in total. The smallest absolute Gasteiger partial charge is 0.338 e. The second-order valence-electron chi connectivity index (χ2n) is 4.87. The fourth-order valence-corrected chi connectivity index (χ4v) is 2.91. The van der Waals surface area contributed by atoms with Crippen molar-refractivity contribution in [2.24, 2.45) is 0 Å². The predicted molar refractivity (Wildman–Crippen MR) is 72.6 cm³/mol. The Bertz CT molecular complexity index is 585. The molecule has 0 spiro atoms. The summed E-state index contributed by atoms with van der Waals surface area (Å²) in [5.41, 5.74) is 0.164. The molecule has 0 radical (unpaired) electrons. The molecule has 1 amide bonds. The predicted octanol–water partition coefficient (Wildman–Crippen LogP) is 3.65. The first kappa shape index (κ1) is 18.0. The summed E-state index contributed by atoms with van der Waals surface area (Å²) < 4.78 is 63.1. The van der Waals surface area contributed by atoms with E-state index in [2.05, 4.69) is 0 Å². The highest BCUT2D eigenvalue weighted by Crippen LogP contribution is 2.48. The van der Waals surface area contributed by atoms with E-state index in [1.165, 1.54) is 12.1 Å². The van der Waals surface area contributed by atoms with Crippen LogP contribution in [-0.4, -0.2) is 31.2 Å². The molecule has 1 aromatic rings. The largest absolute Gasteiger partial charge is 0.415 e. The number of hydrogen-bond acceptors (Lipinski definition) is 2. The molecule has 0 bridgehead atoms. The molecule has 0 saturated heterocycles. The van der Waals surface area contributed by atoms with Crippen molar-refractivity contribution in [1.82, 2.24) is 5.32 Å². The van der Waals surface area contributed by atoms with Crippen LogP contribution in [0.15, 0.2) is 18.2 Å². The minimum atomic E-state index is -4.82. The number of hydrogen-bond donors (Lipinski definition) is 1.